The maximum atomic E-state index is 11.7. The maximum absolute atomic E-state index is 11.7. The second-order valence-corrected chi connectivity index (χ2v) is 6.00. The molecule has 0 saturated heterocycles. The molecule has 2 N–H and O–H groups in total. The van der Waals surface area contributed by atoms with Crippen molar-refractivity contribution in [1.29, 1.82) is 0 Å². The van der Waals surface area contributed by atoms with Gasteiger partial charge in [-0.1, -0.05) is 38.1 Å². The lowest BCUT2D eigenvalue weighted by molar-refractivity contribution is -0.116. The lowest BCUT2D eigenvalue weighted by atomic mass is 10.1. The maximum Gasteiger partial charge on any atom is 0.224 e. The summed E-state index contributed by atoms with van der Waals surface area (Å²) in [4.78, 5) is 11.7. The summed E-state index contributed by atoms with van der Waals surface area (Å²) in [6.45, 7) is 6.99. The van der Waals surface area contributed by atoms with E-state index in [0.29, 0.717) is 12.3 Å². The fourth-order valence-electron chi connectivity index (χ4n) is 2.26. The van der Waals surface area contributed by atoms with Crippen LogP contribution in [0, 0.1) is 12.8 Å². The molecule has 2 aromatic rings. The van der Waals surface area contributed by atoms with Gasteiger partial charge < -0.3 is 10.6 Å². The molecule has 1 amide bonds. The van der Waals surface area contributed by atoms with Crippen molar-refractivity contribution >= 4 is 17.3 Å². The van der Waals surface area contributed by atoms with Crippen molar-refractivity contribution in [3.63, 3.8) is 0 Å². The summed E-state index contributed by atoms with van der Waals surface area (Å²) in [5.41, 5.74) is 4.46. The number of hydrogen-bond donors (Lipinski definition) is 2. The zero-order valence-corrected chi connectivity index (χ0v) is 13.5. The molecule has 0 unspecified atom stereocenters. The van der Waals surface area contributed by atoms with Gasteiger partial charge in [0.1, 0.15) is 0 Å². The van der Waals surface area contributed by atoms with Crippen LogP contribution in [0.3, 0.4) is 0 Å². The van der Waals surface area contributed by atoms with Crippen LogP contribution in [-0.4, -0.2) is 5.91 Å². The Morgan fingerprint density at radius 3 is 2.27 bits per heavy atom. The molecule has 2 aromatic carbocycles. The number of aryl methyl sites for hydroxylation is 1. The molecule has 0 heterocycles. The Morgan fingerprint density at radius 1 is 1.00 bits per heavy atom. The third-order valence-corrected chi connectivity index (χ3v) is 3.51. The molecule has 0 radical (unpaired) electrons. The molecule has 0 bridgehead atoms. The van der Waals surface area contributed by atoms with Crippen LogP contribution in [0.4, 0.5) is 11.4 Å². The Kier molecular flexibility index (Phi) is 5.59. The Hall–Kier alpha value is -2.29. The minimum atomic E-state index is 0.0654. The molecule has 3 heteroatoms. The van der Waals surface area contributed by atoms with E-state index in [1.807, 2.05) is 44.2 Å². The predicted molar refractivity (Wildman–Crippen MR) is 93.0 cm³/mol. The molecule has 3 nitrogen and oxygen atoms in total. The quantitative estimate of drug-likeness (QED) is 0.818. The minimum absolute atomic E-state index is 0.0654. The number of carbonyl (C=O) groups excluding carboxylic acids is 1. The van der Waals surface area contributed by atoms with Gasteiger partial charge in [-0.25, -0.2) is 0 Å². The number of amides is 1. The molecule has 0 aromatic heterocycles. The van der Waals surface area contributed by atoms with Gasteiger partial charge in [-0.05, 0) is 48.2 Å². The molecule has 0 aliphatic carbocycles. The van der Waals surface area contributed by atoms with E-state index >= 15 is 0 Å². The van der Waals surface area contributed by atoms with E-state index in [1.54, 1.807) is 0 Å². The van der Waals surface area contributed by atoms with Crippen molar-refractivity contribution in [1.82, 2.24) is 0 Å². The standard InChI is InChI=1S/C19H24N2O/c1-14(2)12-19(22)21-18-10-8-17(9-11-18)20-13-16-7-5-4-6-15(16)3/h4-11,14,20H,12-13H2,1-3H3,(H,21,22). The first-order chi connectivity index (χ1) is 10.5. The van der Waals surface area contributed by atoms with E-state index in [9.17, 15) is 4.79 Å². The monoisotopic (exact) mass is 296 g/mol. The lowest BCUT2D eigenvalue weighted by Gasteiger charge is -2.11. The summed E-state index contributed by atoms with van der Waals surface area (Å²) in [5.74, 6) is 0.436. The van der Waals surface area contributed by atoms with Crippen LogP contribution in [0.25, 0.3) is 0 Å². The highest BCUT2D eigenvalue weighted by Gasteiger charge is 2.05. The van der Waals surface area contributed by atoms with Gasteiger partial charge in [-0.2, -0.15) is 0 Å². The van der Waals surface area contributed by atoms with Crippen LogP contribution >= 0.6 is 0 Å². The third-order valence-electron chi connectivity index (χ3n) is 3.51. The highest BCUT2D eigenvalue weighted by molar-refractivity contribution is 5.90. The lowest BCUT2D eigenvalue weighted by Crippen LogP contribution is -2.13. The average molecular weight is 296 g/mol. The van der Waals surface area contributed by atoms with Crippen LogP contribution in [-0.2, 0) is 11.3 Å². The summed E-state index contributed by atoms with van der Waals surface area (Å²) >= 11 is 0. The van der Waals surface area contributed by atoms with Gasteiger partial charge in [0.2, 0.25) is 5.91 Å². The first-order valence-corrected chi connectivity index (χ1v) is 7.73. The third kappa shape index (κ3) is 4.92. The summed E-state index contributed by atoms with van der Waals surface area (Å²) in [5, 5.41) is 6.32. The van der Waals surface area contributed by atoms with Crippen molar-refractivity contribution in [3.8, 4) is 0 Å². The first kappa shape index (κ1) is 16.1. The molecular formula is C19H24N2O. The Labute approximate surface area is 132 Å². The Balaban J connectivity index is 1.89. The number of rotatable bonds is 6. The van der Waals surface area contributed by atoms with Gasteiger partial charge in [0, 0.05) is 24.3 Å². The van der Waals surface area contributed by atoms with Crippen molar-refractivity contribution in [2.24, 2.45) is 5.92 Å². The van der Waals surface area contributed by atoms with Gasteiger partial charge in [-0.3, -0.25) is 4.79 Å². The topological polar surface area (TPSA) is 41.1 Å². The summed E-state index contributed by atoms with van der Waals surface area (Å²) < 4.78 is 0. The molecule has 116 valence electrons. The summed E-state index contributed by atoms with van der Waals surface area (Å²) in [7, 11) is 0. The zero-order valence-electron chi connectivity index (χ0n) is 13.5. The second-order valence-electron chi connectivity index (χ2n) is 6.00. The molecule has 0 aliphatic heterocycles. The van der Waals surface area contributed by atoms with Gasteiger partial charge >= 0.3 is 0 Å². The van der Waals surface area contributed by atoms with Crippen molar-refractivity contribution in [2.45, 2.75) is 33.7 Å². The summed E-state index contributed by atoms with van der Waals surface area (Å²) in [6, 6.07) is 16.2. The fourth-order valence-corrected chi connectivity index (χ4v) is 2.26. The molecule has 0 aliphatic rings. The number of hydrogen-bond acceptors (Lipinski definition) is 2. The van der Waals surface area contributed by atoms with Crippen LogP contribution in [0.5, 0.6) is 0 Å². The van der Waals surface area contributed by atoms with Gasteiger partial charge in [0.05, 0.1) is 0 Å². The number of carbonyl (C=O) groups is 1. The van der Waals surface area contributed by atoms with E-state index in [1.165, 1.54) is 11.1 Å². The van der Waals surface area contributed by atoms with E-state index in [0.717, 1.165) is 17.9 Å². The van der Waals surface area contributed by atoms with Crippen LogP contribution in [0.15, 0.2) is 48.5 Å². The molecule has 22 heavy (non-hydrogen) atoms. The number of benzene rings is 2. The van der Waals surface area contributed by atoms with Crippen molar-refractivity contribution in [3.05, 3.63) is 59.7 Å². The molecule has 0 fully saturated rings. The van der Waals surface area contributed by atoms with Crippen molar-refractivity contribution < 1.29 is 4.79 Å². The summed E-state index contributed by atoms with van der Waals surface area (Å²) in [6.07, 6.45) is 0.549. The molecular weight excluding hydrogens is 272 g/mol. The highest BCUT2D eigenvalue weighted by atomic mass is 16.1. The van der Waals surface area contributed by atoms with Crippen molar-refractivity contribution in [2.75, 3.05) is 10.6 Å². The Bertz CT molecular complexity index is 618. The fraction of sp³-hybridized carbons (Fsp3) is 0.316. The number of nitrogens with one attached hydrogen (secondary N) is 2. The molecule has 0 saturated carbocycles. The van der Waals surface area contributed by atoms with Crippen LogP contribution in [0.1, 0.15) is 31.4 Å². The predicted octanol–water partition coefficient (Wildman–Crippen LogP) is 4.59. The highest BCUT2D eigenvalue weighted by Crippen LogP contribution is 2.16. The van der Waals surface area contributed by atoms with Gasteiger partial charge in [0.15, 0.2) is 0 Å². The Morgan fingerprint density at radius 2 is 1.64 bits per heavy atom. The SMILES string of the molecule is Cc1ccccc1CNc1ccc(NC(=O)CC(C)C)cc1. The largest absolute Gasteiger partial charge is 0.381 e. The van der Waals surface area contributed by atoms with Gasteiger partial charge in [-0.15, -0.1) is 0 Å². The van der Waals surface area contributed by atoms with E-state index in [-0.39, 0.29) is 5.91 Å². The molecule has 0 spiro atoms. The smallest absolute Gasteiger partial charge is 0.224 e. The first-order valence-electron chi connectivity index (χ1n) is 7.73. The van der Waals surface area contributed by atoms with E-state index < -0.39 is 0 Å². The zero-order chi connectivity index (χ0) is 15.9. The van der Waals surface area contributed by atoms with E-state index in [4.69, 9.17) is 0 Å². The van der Waals surface area contributed by atoms with E-state index in [2.05, 4.69) is 35.8 Å². The number of anilines is 2. The molecule has 0 atom stereocenters. The molecule has 2 rings (SSSR count). The van der Waals surface area contributed by atoms with Gasteiger partial charge in [0.25, 0.3) is 0 Å². The van der Waals surface area contributed by atoms with Crippen LogP contribution in [0.2, 0.25) is 0 Å². The second kappa shape index (κ2) is 7.64. The normalized spacial score (nSPS) is 10.5. The van der Waals surface area contributed by atoms with Crippen LogP contribution < -0.4 is 10.6 Å². The average Bonchev–Trinajstić information content (AvgIpc) is 2.47. The minimum Gasteiger partial charge on any atom is -0.381 e.